The van der Waals surface area contributed by atoms with E-state index in [4.69, 9.17) is 0 Å². The van der Waals surface area contributed by atoms with E-state index in [9.17, 15) is 0 Å². The van der Waals surface area contributed by atoms with Crippen LogP contribution < -0.4 is 0 Å². The Bertz CT molecular complexity index is 64.6. The molecule has 42 valence electrons. The Morgan fingerprint density at radius 1 is 1.43 bits per heavy atom. The lowest BCUT2D eigenvalue weighted by Crippen LogP contribution is -1.86. The molecule has 0 fully saturated rings. The number of nitrogens with zero attached hydrogens (tertiary/aromatic N) is 1. The van der Waals surface area contributed by atoms with Crippen molar-refractivity contribution in [2.75, 3.05) is 6.54 Å². The van der Waals surface area contributed by atoms with Crippen molar-refractivity contribution in [2.45, 2.75) is 27.2 Å². The van der Waals surface area contributed by atoms with Gasteiger partial charge in [-0.1, -0.05) is 6.92 Å². The summed E-state index contributed by atoms with van der Waals surface area (Å²) in [4.78, 5) is 4.16. The number of hydrogen-bond acceptors (Lipinski definition) is 1. The minimum atomic E-state index is 0.930. The van der Waals surface area contributed by atoms with Crippen molar-refractivity contribution in [2.24, 2.45) is 4.99 Å². The number of aliphatic imine (C=N–C) groups is 1. The maximum absolute atomic E-state index is 4.16. The predicted octanol–water partition coefficient (Wildman–Crippen LogP) is 1.88. The van der Waals surface area contributed by atoms with Crippen molar-refractivity contribution in [3.63, 3.8) is 0 Å². The minimum Gasteiger partial charge on any atom is -0.295 e. The molecule has 0 atom stereocenters. The summed E-state index contributed by atoms with van der Waals surface area (Å²) in [6.45, 7) is 7.16. The molecule has 0 spiro atoms. The van der Waals surface area contributed by atoms with Gasteiger partial charge in [0, 0.05) is 12.3 Å². The second kappa shape index (κ2) is 3.85. The summed E-state index contributed by atoms with van der Waals surface area (Å²) in [6, 6.07) is 0. The zero-order chi connectivity index (χ0) is 5.70. The van der Waals surface area contributed by atoms with Crippen molar-refractivity contribution >= 4 is 5.71 Å². The topological polar surface area (TPSA) is 12.4 Å². The van der Waals surface area contributed by atoms with Gasteiger partial charge in [0.05, 0.1) is 0 Å². The summed E-state index contributed by atoms with van der Waals surface area (Å²) in [5.74, 6) is 0. The Morgan fingerprint density at radius 2 is 2.00 bits per heavy atom. The number of rotatable bonds is 2. The van der Waals surface area contributed by atoms with E-state index in [1.54, 1.807) is 0 Å². The van der Waals surface area contributed by atoms with Crippen LogP contribution in [0.15, 0.2) is 4.99 Å². The van der Waals surface area contributed by atoms with Crippen molar-refractivity contribution in [3.8, 4) is 0 Å². The zero-order valence-corrected chi connectivity index (χ0v) is 5.36. The Hall–Kier alpha value is -0.330. The normalized spacial score (nSPS) is 12.1. The monoisotopic (exact) mass is 99.1 g/mol. The van der Waals surface area contributed by atoms with E-state index in [1.807, 2.05) is 0 Å². The summed E-state index contributed by atoms with van der Waals surface area (Å²) in [5, 5.41) is 0. The van der Waals surface area contributed by atoms with Gasteiger partial charge >= 0.3 is 0 Å². The van der Waals surface area contributed by atoms with Gasteiger partial charge in [-0.3, -0.25) is 4.99 Å². The van der Waals surface area contributed by atoms with Gasteiger partial charge in [0.2, 0.25) is 0 Å². The van der Waals surface area contributed by atoms with Crippen LogP contribution in [-0.4, -0.2) is 12.3 Å². The largest absolute Gasteiger partial charge is 0.295 e. The van der Waals surface area contributed by atoms with E-state index in [0.29, 0.717) is 0 Å². The Kier molecular flexibility index (Phi) is 3.67. The predicted molar refractivity (Wildman–Crippen MR) is 33.9 cm³/mol. The molecule has 0 heterocycles. The Balaban J connectivity index is 3.29. The lowest BCUT2D eigenvalue weighted by atomic mass is 10.3. The fourth-order valence-electron chi connectivity index (χ4n) is 0.382. The molecule has 0 rings (SSSR count). The molecule has 0 amide bonds. The first kappa shape index (κ1) is 6.67. The summed E-state index contributed by atoms with van der Waals surface area (Å²) >= 11 is 0. The third-order valence-electron chi connectivity index (χ3n) is 0.940. The Labute approximate surface area is 45.5 Å². The second-order valence-corrected chi connectivity index (χ2v) is 1.56. The molecule has 0 unspecified atom stereocenters. The van der Waals surface area contributed by atoms with Gasteiger partial charge in [0.15, 0.2) is 0 Å². The lowest BCUT2D eigenvalue weighted by molar-refractivity contribution is 1.09. The van der Waals surface area contributed by atoms with Crippen molar-refractivity contribution in [1.29, 1.82) is 0 Å². The minimum absolute atomic E-state index is 0.930. The van der Waals surface area contributed by atoms with E-state index in [-0.39, 0.29) is 0 Å². The standard InChI is InChI=1S/C6H13N/c1-4-6(3)7-5-2/h4-5H2,1-3H3/b7-6+. The molecule has 0 aromatic heterocycles. The summed E-state index contributed by atoms with van der Waals surface area (Å²) in [7, 11) is 0. The quantitative estimate of drug-likeness (QED) is 0.469. The molecule has 0 saturated heterocycles. The molecule has 0 aliphatic heterocycles. The molecule has 1 nitrogen and oxygen atoms in total. The van der Waals surface area contributed by atoms with Gasteiger partial charge in [-0.05, 0) is 20.3 Å². The molecular weight excluding hydrogens is 86.1 g/mol. The van der Waals surface area contributed by atoms with E-state index in [0.717, 1.165) is 13.0 Å². The highest BCUT2D eigenvalue weighted by Crippen LogP contribution is 1.81. The van der Waals surface area contributed by atoms with Crippen molar-refractivity contribution < 1.29 is 0 Å². The molecular formula is C6H13N. The van der Waals surface area contributed by atoms with E-state index in [2.05, 4.69) is 25.8 Å². The van der Waals surface area contributed by atoms with Crippen molar-refractivity contribution in [1.82, 2.24) is 0 Å². The third-order valence-corrected chi connectivity index (χ3v) is 0.940. The fourth-order valence-corrected chi connectivity index (χ4v) is 0.382. The maximum atomic E-state index is 4.16. The van der Waals surface area contributed by atoms with Crippen LogP contribution in [0.1, 0.15) is 27.2 Å². The molecule has 0 radical (unpaired) electrons. The first-order valence-electron chi connectivity index (χ1n) is 2.81. The highest BCUT2D eigenvalue weighted by atomic mass is 14.7. The van der Waals surface area contributed by atoms with E-state index < -0.39 is 0 Å². The molecule has 7 heavy (non-hydrogen) atoms. The molecule has 0 aromatic rings. The van der Waals surface area contributed by atoms with Gasteiger partial charge in [-0.25, -0.2) is 0 Å². The van der Waals surface area contributed by atoms with Crippen LogP contribution in [0.5, 0.6) is 0 Å². The van der Waals surface area contributed by atoms with Gasteiger partial charge in [-0.15, -0.1) is 0 Å². The summed E-state index contributed by atoms with van der Waals surface area (Å²) in [6.07, 6.45) is 1.09. The van der Waals surface area contributed by atoms with Crippen LogP contribution in [0, 0.1) is 0 Å². The van der Waals surface area contributed by atoms with Gasteiger partial charge in [-0.2, -0.15) is 0 Å². The maximum Gasteiger partial charge on any atom is 0.0360 e. The Morgan fingerprint density at radius 3 is 2.14 bits per heavy atom. The van der Waals surface area contributed by atoms with Crippen LogP contribution in [0.4, 0.5) is 0 Å². The van der Waals surface area contributed by atoms with Gasteiger partial charge in [0.1, 0.15) is 0 Å². The third kappa shape index (κ3) is 3.50. The molecule has 0 aromatic carbocycles. The number of hydrogen-bond donors (Lipinski definition) is 0. The molecule has 1 heteroatoms. The van der Waals surface area contributed by atoms with E-state index >= 15 is 0 Å². The average molecular weight is 99.2 g/mol. The van der Waals surface area contributed by atoms with E-state index in [1.165, 1.54) is 5.71 Å². The van der Waals surface area contributed by atoms with Crippen LogP contribution in [0.3, 0.4) is 0 Å². The smallest absolute Gasteiger partial charge is 0.0360 e. The fraction of sp³-hybridized carbons (Fsp3) is 0.833. The first-order valence-corrected chi connectivity index (χ1v) is 2.81. The lowest BCUT2D eigenvalue weighted by Gasteiger charge is -1.88. The zero-order valence-electron chi connectivity index (χ0n) is 5.36. The molecule has 0 saturated carbocycles. The molecule has 0 N–H and O–H groups in total. The average Bonchev–Trinajstić information content (AvgIpc) is 1.68. The van der Waals surface area contributed by atoms with Crippen LogP contribution >= 0.6 is 0 Å². The molecule has 0 aliphatic rings. The first-order chi connectivity index (χ1) is 3.31. The summed E-state index contributed by atoms with van der Waals surface area (Å²) < 4.78 is 0. The van der Waals surface area contributed by atoms with Crippen LogP contribution in [-0.2, 0) is 0 Å². The van der Waals surface area contributed by atoms with Crippen molar-refractivity contribution in [3.05, 3.63) is 0 Å². The summed E-state index contributed by atoms with van der Waals surface area (Å²) in [5.41, 5.74) is 1.25. The van der Waals surface area contributed by atoms with Gasteiger partial charge in [0.25, 0.3) is 0 Å². The highest BCUT2D eigenvalue weighted by Gasteiger charge is 1.78. The second-order valence-electron chi connectivity index (χ2n) is 1.56. The van der Waals surface area contributed by atoms with Crippen LogP contribution in [0.2, 0.25) is 0 Å². The highest BCUT2D eigenvalue weighted by molar-refractivity contribution is 5.81. The van der Waals surface area contributed by atoms with Gasteiger partial charge < -0.3 is 0 Å². The SMILES string of the molecule is CC/N=C(\C)CC. The van der Waals surface area contributed by atoms with Crippen LogP contribution in [0.25, 0.3) is 0 Å². The molecule has 0 aliphatic carbocycles. The molecule has 0 bridgehead atoms.